The van der Waals surface area contributed by atoms with E-state index in [-0.39, 0.29) is 5.91 Å². The molecule has 0 saturated heterocycles. The van der Waals surface area contributed by atoms with E-state index in [0.29, 0.717) is 11.4 Å². The third-order valence-corrected chi connectivity index (χ3v) is 4.35. The highest BCUT2D eigenvalue weighted by atomic mass is 35.5. The third-order valence-electron chi connectivity index (χ3n) is 4.02. The zero-order valence-electron chi connectivity index (χ0n) is 11.1. The Morgan fingerprint density at radius 2 is 1.86 bits per heavy atom. The molecular weight excluding hydrogens is 286 g/mol. The van der Waals surface area contributed by atoms with E-state index in [4.69, 9.17) is 11.6 Å². The summed E-state index contributed by atoms with van der Waals surface area (Å²) in [5, 5.41) is 7.92. The minimum Gasteiger partial charge on any atom is -0.323 e. The van der Waals surface area contributed by atoms with Crippen LogP contribution < -0.4 is 10.7 Å². The average Bonchev–Trinajstić information content (AvgIpc) is 3.05. The summed E-state index contributed by atoms with van der Waals surface area (Å²) in [6, 6.07) is 15.2. The summed E-state index contributed by atoms with van der Waals surface area (Å²) in [6.07, 6.45) is 0.486. The van der Waals surface area contributed by atoms with Crippen LogP contribution in [-0.4, -0.2) is 11.6 Å². The molecule has 0 aromatic heterocycles. The summed E-state index contributed by atoms with van der Waals surface area (Å²) in [6.45, 7) is 0. The van der Waals surface area contributed by atoms with Gasteiger partial charge in [0.15, 0.2) is 5.54 Å². The summed E-state index contributed by atoms with van der Waals surface area (Å²) in [4.78, 5) is 12.4. The number of carbonyl (C=O) groups is 1. The fraction of sp³-hybridized carbons (Fsp3) is 0.125. The van der Waals surface area contributed by atoms with E-state index in [1.165, 1.54) is 0 Å². The first kappa shape index (κ1) is 12.4. The number of rotatable bonds is 1. The fourth-order valence-corrected chi connectivity index (χ4v) is 3.19. The number of nitrogens with zero attached hydrogens (tertiary/aromatic N) is 1. The molecule has 1 spiro atoms. The third kappa shape index (κ3) is 1.69. The molecule has 4 rings (SSSR count). The molecule has 0 fully saturated rings. The van der Waals surface area contributed by atoms with Crippen LogP contribution in [0.1, 0.15) is 17.5 Å². The quantitative estimate of drug-likeness (QED) is 0.850. The predicted molar refractivity (Wildman–Crippen MR) is 82.5 cm³/mol. The highest BCUT2D eigenvalue weighted by molar-refractivity contribution is 6.34. The first-order valence-electron chi connectivity index (χ1n) is 6.70. The highest BCUT2D eigenvalue weighted by Gasteiger charge is 2.50. The Bertz CT molecular complexity index is 787. The number of hydrogen-bond acceptors (Lipinski definition) is 3. The number of amides is 1. The van der Waals surface area contributed by atoms with Gasteiger partial charge in [0, 0.05) is 28.3 Å². The number of fused-ring (bicyclic) bond motifs is 2. The van der Waals surface area contributed by atoms with Crippen molar-refractivity contribution in [2.75, 3.05) is 5.32 Å². The highest BCUT2D eigenvalue weighted by Crippen LogP contribution is 2.41. The van der Waals surface area contributed by atoms with Gasteiger partial charge >= 0.3 is 0 Å². The number of hydrazone groups is 1. The number of anilines is 1. The van der Waals surface area contributed by atoms with Crippen LogP contribution >= 0.6 is 11.6 Å². The molecule has 1 amide bonds. The number of para-hydroxylation sites is 1. The van der Waals surface area contributed by atoms with Gasteiger partial charge in [-0.1, -0.05) is 48.0 Å². The summed E-state index contributed by atoms with van der Waals surface area (Å²) >= 11 is 6.23. The Morgan fingerprint density at radius 1 is 1.10 bits per heavy atom. The van der Waals surface area contributed by atoms with Gasteiger partial charge in [-0.25, -0.2) is 0 Å². The van der Waals surface area contributed by atoms with Crippen LogP contribution in [0.25, 0.3) is 0 Å². The van der Waals surface area contributed by atoms with Crippen molar-refractivity contribution in [1.82, 2.24) is 5.43 Å². The van der Waals surface area contributed by atoms with Crippen molar-refractivity contribution < 1.29 is 4.79 Å². The standard InChI is InChI=1S/C16H12ClN3O/c17-12-7-3-1-5-10(12)14-9-16(20-19-14)11-6-2-4-8-13(11)18-15(16)21/h1-8,20H,9H2,(H,18,21). The Morgan fingerprint density at radius 3 is 2.71 bits per heavy atom. The Labute approximate surface area is 126 Å². The number of halogens is 1. The molecule has 21 heavy (non-hydrogen) atoms. The lowest BCUT2D eigenvalue weighted by atomic mass is 9.86. The van der Waals surface area contributed by atoms with E-state index in [1.807, 2.05) is 48.5 Å². The van der Waals surface area contributed by atoms with Gasteiger partial charge in [-0.05, 0) is 12.1 Å². The summed E-state index contributed by atoms with van der Waals surface area (Å²) in [5.74, 6) is -0.0745. The molecule has 2 heterocycles. The summed E-state index contributed by atoms with van der Waals surface area (Å²) in [7, 11) is 0. The Hall–Kier alpha value is -2.33. The minimum absolute atomic E-state index is 0.0745. The van der Waals surface area contributed by atoms with Crippen molar-refractivity contribution in [2.45, 2.75) is 12.0 Å². The predicted octanol–water partition coefficient (Wildman–Crippen LogP) is 2.89. The molecule has 2 N–H and O–H groups in total. The number of carbonyl (C=O) groups excluding carboxylic acids is 1. The molecule has 2 aromatic rings. The van der Waals surface area contributed by atoms with Gasteiger partial charge in [-0.15, -0.1) is 0 Å². The summed E-state index contributed by atoms with van der Waals surface area (Å²) < 4.78 is 0. The van der Waals surface area contributed by atoms with E-state index in [0.717, 1.165) is 22.5 Å². The second kappa shape index (κ2) is 4.33. The zero-order chi connectivity index (χ0) is 14.4. The van der Waals surface area contributed by atoms with Gasteiger partial charge < -0.3 is 5.32 Å². The second-order valence-corrected chi connectivity index (χ2v) is 5.64. The molecule has 0 aliphatic carbocycles. The van der Waals surface area contributed by atoms with Gasteiger partial charge in [-0.3, -0.25) is 10.2 Å². The fourth-order valence-electron chi connectivity index (χ4n) is 2.95. The van der Waals surface area contributed by atoms with Crippen molar-refractivity contribution >= 4 is 28.9 Å². The monoisotopic (exact) mass is 297 g/mol. The minimum atomic E-state index is -0.814. The first-order valence-corrected chi connectivity index (χ1v) is 7.08. The normalized spacial score (nSPS) is 22.7. The van der Waals surface area contributed by atoms with Gasteiger partial charge in [0.05, 0.1) is 5.71 Å². The van der Waals surface area contributed by atoms with Crippen LogP contribution in [0, 0.1) is 0 Å². The van der Waals surface area contributed by atoms with E-state index < -0.39 is 5.54 Å². The molecule has 2 aliphatic rings. The van der Waals surface area contributed by atoms with Crippen molar-refractivity contribution in [3.05, 3.63) is 64.7 Å². The van der Waals surface area contributed by atoms with Gasteiger partial charge in [0.1, 0.15) is 0 Å². The molecule has 0 saturated carbocycles. The molecule has 0 radical (unpaired) electrons. The molecule has 1 atom stereocenters. The molecule has 2 aromatic carbocycles. The average molecular weight is 298 g/mol. The number of benzene rings is 2. The number of hydrogen-bond donors (Lipinski definition) is 2. The number of nitrogens with one attached hydrogen (secondary N) is 2. The van der Waals surface area contributed by atoms with Gasteiger partial charge in [0.25, 0.3) is 5.91 Å². The van der Waals surface area contributed by atoms with Crippen molar-refractivity contribution in [1.29, 1.82) is 0 Å². The molecular formula is C16H12ClN3O. The largest absolute Gasteiger partial charge is 0.323 e. The maximum atomic E-state index is 12.4. The van der Waals surface area contributed by atoms with E-state index >= 15 is 0 Å². The smallest absolute Gasteiger partial charge is 0.256 e. The molecule has 4 nitrogen and oxygen atoms in total. The maximum absolute atomic E-state index is 12.4. The molecule has 5 heteroatoms. The molecule has 104 valence electrons. The van der Waals surface area contributed by atoms with Gasteiger partial charge in [0.2, 0.25) is 0 Å². The lowest BCUT2D eigenvalue weighted by Crippen LogP contribution is -2.42. The van der Waals surface area contributed by atoms with Crippen LogP contribution in [0.3, 0.4) is 0 Å². The zero-order valence-corrected chi connectivity index (χ0v) is 11.8. The van der Waals surface area contributed by atoms with E-state index in [2.05, 4.69) is 15.8 Å². The van der Waals surface area contributed by atoms with E-state index in [9.17, 15) is 4.79 Å². The van der Waals surface area contributed by atoms with Crippen molar-refractivity contribution in [2.24, 2.45) is 5.10 Å². The lowest BCUT2D eigenvalue weighted by Gasteiger charge is -2.20. The Balaban J connectivity index is 1.76. The molecule has 2 aliphatic heterocycles. The van der Waals surface area contributed by atoms with Crippen LogP contribution in [-0.2, 0) is 10.3 Å². The van der Waals surface area contributed by atoms with Crippen LogP contribution in [0.4, 0.5) is 5.69 Å². The second-order valence-electron chi connectivity index (χ2n) is 5.23. The van der Waals surface area contributed by atoms with Crippen LogP contribution in [0.15, 0.2) is 53.6 Å². The van der Waals surface area contributed by atoms with Crippen molar-refractivity contribution in [3.8, 4) is 0 Å². The lowest BCUT2D eigenvalue weighted by molar-refractivity contribution is -0.121. The van der Waals surface area contributed by atoms with Crippen LogP contribution in [0.2, 0.25) is 5.02 Å². The SMILES string of the molecule is O=C1Nc2ccccc2C12CC(c1ccccc1Cl)=NN2. The van der Waals surface area contributed by atoms with E-state index in [1.54, 1.807) is 0 Å². The summed E-state index contributed by atoms with van der Waals surface area (Å²) in [5.41, 5.74) is 5.65. The Kier molecular flexibility index (Phi) is 2.56. The molecule has 0 bridgehead atoms. The van der Waals surface area contributed by atoms with Crippen LogP contribution in [0.5, 0.6) is 0 Å². The van der Waals surface area contributed by atoms with Crippen molar-refractivity contribution in [3.63, 3.8) is 0 Å². The maximum Gasteiger partial charge on any atom is 0.256 e. The molecule has 1 unspecified atom stereocenters. The topological polar surface area (TPSA) is 53.5 Å². The van der Waals surface area contributed by atoms with Gasteiger partial charge in [-0.2, -0.15) is 5.10 Å². The first-order chi connectivity index (χ1) is 10.2.